The van der Waals surface area contributed by atoms with Gasteiger partial charge >= 0.3 is 0 Å². The smallest absolute Gasteiger partial charge is 0.272 e. The topological polar surface area (TPSA) is 73.8 Å². The zero-order valence-electron chi connectivity index (χ0n) is 14.6. The third kappa shape index (κ3) is 3.97. The molecule has 2 fully saturated rings. The van der Waals surface area contributed by atoms with Crippen LogP contribution < -0.4 is 0 Å². The maximum atomic E-state index is 12.7. The monoisotopic (exact) mass is 344 g/mol. The van der Waals surface area contributed by atoms with E-state index < -0.39 is 0 Å². The fraction of sp³-hybridized carbons (Fsp3) is 0.556. The lowest BCUT2D eigenvalue weighted by Crippen LogP contribution is -2.48. The Kier molecular flexibility index (Phi) is 5.31. The summed E-state index contributed by atoms with van der Waals surface area (Å²) in [6.07, 6.45) is 2.95. The van der Waals surface area contributed by atoms with Crippen LogP contribution in [0.1, 0.15) is 40.7 Å². The van der Waals surface area contributed by atoms with Gasteiger partial charge in [-0.2, -0.15) is 0 Å². The quantitative estimate of drug-likeness (QED) is 0.763. The molecule has 7 nitrogen and oxygen atoms in total. The number of carbonyl (C=O) groups excluding carboxylic acids is 3. The molecule has 0 aliphatic carbocycles. The van der Waals surface area contributed by atoms with Gasteiger partial charge in [0.15, 0.2) is 0 Å². The predicted molar refractivity (Wildman–Crippen MR) is 92.1 cm³/mol. The molecule has 25 heavy (non-hydrogen) atoms. The van der Waals surface area contributed by atoms with E-state index in [0.29, 0.717) is 37.8 Å². The second-order valence-corrected chi connectivity index (χ2v) is 6.84. The van der Waals surface area contributed by atoms with Crippen LogP contribution in [0.4, 0.5) is 0 Å². The minimum Gasteiger partial charge on any atom is -0.342 e. The van der Waals surface area contributed by atoms with E-state index in [-0.39, 0.29) is 17.5 Å². The zero-order valence-corrected chi connectivity index (χ0v) is 14.6. The van der Waals surface area contributed by atoms with Gasteiger partial charge < -0.3 is 14.7 Å². The summed E-state index contributed by atoms with van der Waals surface area (Å²) in [6.45, 7) is 5.66. The summed E-state index contributed by atoms with van der Waals surface area (Å²) in [7, 11) is 0. The molecule has 0 bridgehead atoms. The molecule has 0 spiro atoms. The second kappa shape index (κ2) is 7.63. The molecule has 0 aromatic carbocycles. The summed E-state index contributed by atoms with van der Waals surface area (Å²) in [5.41, 5.74) is 0.613. The van der Waals surface area contributed by atoms with Crippen LogP contribution in [0.25, 0.3) is 0 Å². The van der Waals surface area contributed by atoms with Gasteiger partial charge in [0, 0.05) is 39.3 Å². The summed E-state index contributed by atoms with van der Waals surface area (Å²) >= 11 is 0. The van der Waals surface area contributed by atoms with E-state index in [4.69, 9.17) is 0 Å². The highest BCUT2D eigenvalue weighted by Crippen LogP contribution is 2.17. The molecule has 3 heterocycles. The Bertz CT molecular complexity index is 655. The Morgan fingerprint density at radius 1 is 1.04 bits per heavy atom. The standard InChI is InChI=1S/C18H24N4O3/c1-14-4-3-7-22(12-14)18(25)16-6-2-5-15(19-16)17(24)21-10-8-20(13-23)9-11-21/h2,5-6,13-14H,3-4,7-12H2,1H3. The van der Waals surface area contributed by atoms with Gasteiger partial charge in [0.05, 0.1) is 0 Å². The third-order valence-electron chi connectivity index (χ3n) is 4.88. The molecular formula is C18H24N4O3. The van der Waals surface area contributed by atoms with E-state index in [9.17, 15) is 14.4 Å². The van der Waals surface area contributed by atoms with Crippen molar-refractivity contribution >= 4 is 18.2 Å². The average molecular weight is 344 g/mol. The molecule has 1 aromatic rings. The third-order valence-corrected chi connectivity index (χ3v) is 4.88. The molecule has 1 unspecified atom stereocenters. The van der Waals surface area contributed by atoms with E-state index in [1.807, 2.05) is 4.90 Å². The van der Waals surface area contributed by atoms with E-state index in [1.54, 1.807) is 28.0 Å². The van der Waals surface area contributed by atoms with Crippen LogP contribution >= 0.6 is 0 Å². The van der Waals surface area contributed by atoms with Gasteiger partial charge in [-0.3, -0.25) is 14.4 Å². The molecule has 3 rings (SSSR count). The molecule has 2 aliphatic heterocycles. The van der Waals surface area contributed by atoms with Crippen molar-refractivity contribution in [3.05, 3.63) is 29.6 Å². The van der Waals surface area contributed by atoms with Gasteiger partial charge in [-0.05, 0) is 30.9 Å². The first-order valence-electron chi connectivity index (χ1n) is 8.83. The lowest BCUT2D eigenvalue weighted by molar-refractivity contribution is -0.119. The molecule has 3 amide bonds. The van der Waals surface area contributed by atoms with E-state index in [2.05, 4.69) is 11.9 Å². The van der Waals surface area contributed by atoms with E-state index >= 15 is 0 Å². The molecule has 1 atom stereocenters. The summed E-state index contributed by atoms with van der Waals surface area (Å²) in [5, 5.41) is 0. The predicted octanol–water partition coefficient (Wildman–Crippen LogP) is 0.868. The first kappa shape index (κ1) is 17.4. The van der Waals surface area contributed by atoms with Crippen molar-refractivity contribution < 1.29 is 14.4 Å². The Balaban J connectivity index is 1.69. The maximum absolute atomic E-state index is 12.7. The lowest BCUT2D eigenvalue weighted by Gasteiger charge is -2.32. The minimum absolute atomic E-state index is 0.105. The number of piperidine rings is 1. The molecule has 0 N–H and O–H groups in total. The fourth-order valence-corrected chi connectivity index (χ4v) is 3.40. The van der Waals surface area contributed by atoms with Crippen LogP contribution in [0.3, 0.4) is 0 Å². The highest BCUT2D eigenvalue weighted by atomic mass is 16.2. The molecular weight excluding hydrogens is 320 g/mol. The fourth-order valence-electron chi connectivity index (χ4n) is 3.40. The minimum atomic E-state index is -0.188. The number of pyridine rings is 1. The average Bonchev–Trinajstić information content (AvgIpc) is 2.67. The van der Waals surface area contributed by atoms with Gasteiger partial charge in [-0.15, -0.1) is 0 Å². The summed E-state index contributed by atoms with van der Waals surface area (Å²) in [5.74, 6) is 0.204. The van der Waals surface area contributed by atoms with Crippen molar-refractivity contribution in [2.75, 3.05) is 39.3 Å². The second-order valence-electron chi connectivity index (χ2n) is 6.84. The molecule has 2 saturated heterocycles. The molecule has 0 radical (unpaired) electrons. The number of aromatic nitrogens is 1. The van der Waals surface area contributed by atoms with Gasteiger partial charge in [0.1, 0.15) is 11.4 Å². The number of likely N-dealkylation sites (tertiary alicyclic amines) is 1. The Morgan fingerprint density at radius 3 is 2.28 bits per heavy atom. The van der Waals surface area contributed by atoms with Gasteiger partial charge in [0.25, 0.3) is 11.8 Å². The summed E-state index contributed by atoms with van der Waals surface area (Å²) in [6, 6.07) is 5.02. The zero-order chi connectivity index (χ0) is 17.8. The first-order chi connectivity index (χ1) is 12.1. The van der Waals surface area contributed by atoms with Gasteiger partial charge in [-0.25, -0.2) is 4.98 Å². The number of piperazine rings is 1. The molecule has 1 aromatic heterocycles. The van der Waals surface area contributed by atoms with E-state index in [0.717, 1.165) is 32.3 Å². The summed E-state index contributed by atoms with van der Waals surface area (Å²) in [4.78, 5) is 45.5. The Hall–Kier alpha value is -2.44. The largest absolute Gasteiger partial charge is 0.342 e. The van der Waals surface area contributed by atoms with Crippen molar-refractivity contribution in [3.8, 4) is 0 Å². The number of amides is 3. The van der Waals surface area contributed by atoms with Gasteiger partial charge in [-0.1, -0.05) is 13.0 Å². The number of nitrogens with zero attached hydrogens (tertiary/aromatic N) is 4. The van der Waals surface area contributed by atoms with Crippen LogP contribution in [-0.4, -0.2) is 77.2 Å². The van der Waals surface area contributed by atoms with Crippen LogP contribution in [0.5, 0.6) is 0 Å². The molecule has 7 heteroatoms. The molecule has 134 valence electrons. The van der Waals surface area contributed by atoms with Crippen molar-refractivity contribution in [1.29, 1.82) is 0 Å². The van der Waals surface area contributed by atoms with E-state index in [1.165, 1.54) is 0 Å². The highest BCUT2D eigenvalue weighted by Gasteiger charge is 2.25. The lowest BCUT2D eigenvalue weighted by atomic mass is 10.00. The summed E-state index contributed by atoms with van der Waals surface area (Å²) < 4.78 is 0. The van der Waals surface area contributed by atoms with Crippen molar-refractivity contribution in [2.45, 2.75) is 19.8 Å². The molecule has 2 aliphatic rings. The van der Waals surface area contributed by atoms with Gasteiger partial charge in [0.2, 0.25) is 6.41 Å². The van der Waals surface area contributed by atoms with Crippen LogP contribution in [0.15, 0.2) is 18.2 Å². The Labute approximate surface area is 147 Å². The van der Waals surface area contributed by atoms with Crippen LogP contribution in [-0.2, 0) is 4.79 Å². The van der Waals surface area contributed by atoms with Crippen LogP contribution in [0.2, 0.25) is 0 Å². The van der Waals surface area contributed by atoms with Crippen molar-refractivity contribution in [3.63, 3.8) is 0 Å². The number of hydrogen-bond donors (Lipinski definition) is 0. The number of hydrogen-bond acceptors (Lipinski definition) is 4. The normalized spacial score (nSPS) is 21.2. The highest BCUT2D eigenvalue weighted by molar-refractivity contribution is 5.96. The SMILES string of the molecule is CC1CCCN(C(=O)c2cccc(C(=O)N3CCN(C=O)CC3)n2)C1. The first-order valence-corrected chi connectivity index (χ1v) is 8.83. The van der Waals surface area contributed by atoms with Crippen molar-refractivity contribution in [1.82, 2.24) is 19.7 Å². The number of rotatable bonds is 3. The van der Waals surface area contributed by atoms with Crippen LogP contribution in [0, 0.1) is 5.92 Å². The maximum Gasteiger partial charge on any atom is 0.272 e. The molecule has 0 saturated carbocycles. The van der Waals surface area contributed by atoms with Crippen molar-refractivity contribution in [2.24, 2.45) is 5.92 Å². The Morgan fingerprint density at radius 2 is 1.68 bits per heavy atom. The number of carbonyl (C=O) groups is 3.